The molecule has 0 saturated carbocycles. The number of carbonyl (C=O) groups excluding carboxylic acids is 2. The van der Waals surface area contributed by atoms with Gasteiger partial charge in [-0.2, -0.15) is 0 Å². The van der Waals surface area contributed by atoms with Crippen LogP contribution in [0.1, 0.15) is 44.9 Å². The molecule has 0 atom stereocenters. The topological polar surface area (TPSA) is 37.4 Å². The van der Waals surface area contributed by atoms with Crippen molar-refractivity contribution >= 4 is 23.0 Å². The van der Waals surface area contributed by atoms with Crippen molar-refractivity contribution in [2.24, 2.45) is 5.41 Å². The molecule has 0 bridgehead atoms. The Hall–Kier alpha value is -1.94. The number of benzene rings is 1. The first-order valence-corrected chi connectivity index (χ1v) is 9.85. The first kappa shape index (κ1) is 16.5. The van der Waals surface area contributed by atoms with Crippen LogP contribution in [-0.4, -0.2) is 29.7 Å². The Morgan fingerprint density at radius 1 is 1.16 bits per heavy atom. The Labute approximate surface area is 152 Å². The lowest BCUT2D eigenvalue weighted by molar-refractivity contribution is -0.133. The van der Waals surface area contributed by atoms with Gasteiger partial charge in [0.05, 0.1) is 0 Å². The first-order chi connectivity index (χ1) is 12.1. The van der Waals surface area contributed by atoms with Crippen molar-refractivity contribution in [1.82, 2.24) is 4.90 Å². The van der Waals surface area contributed by atoms with E-state index in [1.165, 1.54) is 15.3 Å². The summed E-state index contributed by atoms with van der Waals surface area (Å²) in [7, 11) is 0. The molecule has 0 unspecified atom stereocenters. The summed E-state index contributed by atoms with van der Waals surface area (Å²) < 4.78 is 0. The number of hydrogen-bond acceptors (Lipinski definition) is 3. The van der Waals surface area contributed by atoms with E-state index in [1.807, 2.05) is 23.1 Å². The minimum Gasteiger partial charge on any atom is -0.343 e. The van der Waals surface area contributed by atoms with E-state index in [1.54, 1.807) is 11.3 Å². The molecule has 2 heterocycles. The summed E-state index contributed by atoms with van der Waals surface area (Å²) in [6.45, 7) is 3.51. The summed E-state index contributed by atoms with van der Waals surface area (Å²) in [6.07, 6.45) is 3.83. The number of Topliss-reactive ketones (excluding diaryl/α,β-unsaturated/α-hetero) is 1. The van der Waals surface area contributed by atoms with E-state index >= 15 is 0 Å². The van der Waals surface area contributed by atoms with Gasteiger partial charge in [0, 0.05) is 40.2 Å². The summed E-state index contributed by atoms with van der Waals surface area (Å²) >= 11 is 1.77. The average Bonchev–Trinajstić information content (AvgIpc) is 3.16. The van der Waals surface area contributed by atoms with Crippen LogP contribution in [0.4, 0.5) is 0 Å². The number of amides is 1. The highest BCUT2D eigenvalue weighted by atomic mass is 32.1. The zero-order chi connectivity index (χ0) is 17.4. The predicted molar refractivity (Wildman–Crippen MR) is 100 cm³/mol. The van der Waals surface area contributed by atoms with Gasteiger partial charge in [0.25, 0.3) is 0 Å². The van der Waals surface area contributed by atoms with Crippen LogP contribution in [-0.2, 0) is 17.6 Å². The standard InChI is InChI=1S/C21H23NO2S/c1-15-6-7-17(25-15)8-9-19(23)22-12-10-21(11-13-22)14-16-4-2-3-5-18(16)20(21)24/h2-7H,8-14H2,1H3. The van der Waals surface area contributed by atoms with Crippen molar-refractivity contribution < 1.29 is 9.59 Å². The number of piperidine rings is 1. The van der Waals surface area contributed by atoms with Crippen molar-refractivity contribution in [3.05, 3.63) is 57.3 Å². The molecule has 0 N–H and O–H groups in total. The molecule has 2 aliphatic rings. The van der Waals surface area contributed by atoms with E-state index in [0.29, 0.717) is 25.3 Å². The third-order valence-corrected chi connectivity index (χ3v) is 6.79. The van der Waals surface area contributed by atoms with Crippen molar-refractivity contribution in [2.45, 2.75) is 39.0 Å². The van der Waals surface area contributed by atoms with Gasteiger partial charge in [0.2, 0.25) is 5.91 Å². The Kier molecular flexibility index (Phi) is 4.24. The minimum atomic E-state index is -0.259. The summed E-state index contributed by atoms with van der Waals surface area (Å²) in [4.78, 5) is 29.9. The van der Waals surface area contributed by atoms with E-state index < -0.39 is 0 Å². The lowest BCUT2D eigenvalue weighted by Crippen LogP contribution is -2.45. The monoisotopic (exact) mass is 353 g/mol. The molecule has 1 aliphatic carbocycles. The van der Waals surface area contributed by atoms with Crippen molar-refractivity contribution in [3.8, 4) is 0 Å². The molecular formula is C21H23NO2S. The maximum Gasteiger partial charge on any atom is 0.222 e. The first-order valence-electron chi connectivity index (χ1n) is 9.03. The van der Waals surface area contributed by atoms with Gasteiger partial charge in [-0.25, -0.2) is 0 Å². The van der Waals surface area contributed by atoms with Gasteiger partial charge >= 0.3 is 0 Å². The Morgan fingerprint density at radius 3 is 2.60 bits per heavy atom. The maximum absolute atomic E-state index is 12.9. The molecular weight excluding hydrogens is 330 g/mol. The smallest absolute Gasteiger partial charge is 0.222 e. The second-order valence-electron chi connectivity index (χ2n) is 7.34. The largest absolute Gasteiger partial charge is 0.343 e. The summed E-state index contributed by atoms with van der Waals surface area (Å²) in [5, 5.41) is 0. The fraction of sp³-hybridized carbons (Fsp3) is 0.429. The van der Waals surface area contributed by atoms with Crippen LogP contribution in [0.5, 0.6) is 0 Å². The molecule has 1 aromatic heterocycles. The van der Waals surface area contributed by atoms with Crippen LogP contribution in [0.2, 0.25) is 0 Å². The SMILES string of the molecule is Cc1ccc(CCC(=O)N2CCC3(CC2)Cc2ccccc2C3=O)s1. The predicted octanol–water partition coefficient (Wildman–Crippen LogP) is 4.04. The summed E-state index contributed by atoms with van der Waals surface area (Å²) in [5.41, 5.74) is 1.82. The number of ketones is 1. The number of fused-ring (bicyclic) bond motifs is 1. The maximum atomic E-state index is 12.9. The van der Waals surface area contributed by atoms with E-state index in [-0.39, 0.29) is 11.3 Å². The van der Waals surface area contributed by atoms with E-state index in [4.69, 9.17) is 0 Å². The molecule has 2 aromatic rings. The van der Waals surface area contributed by atoms with Gasteiger partial charge in [0.1, 0.15) is 0 Å². The van der Waals surface area contributed by atoms with E-state index in [9.17, 15) is 9.59 Å². The van der Waals surface area contributed by atoms with Crippen molar-refractivity contribution in [1.29, 1.82) is 0 Å². The molecule has 4 rings (SSSR count). The summed E-state index contributed by atoms with van der Waals surface area (Å²) in [6, 6.07) is 12.2. The van der Waals surface area contributed by atoms with E-state index in [0.717, 1.165) is 31.2 Å². The van der Waals surface area contributed by atoms with Crippen LogP contribution in [0.15, 0.2) is 36.4 Å². The highest BCUT2D eigenvalue weighted by Crippen LogP contribution is 2.44. The molecule has 1 amide bonds. The molecule has 1 aliphatic heterocycles. The quantitative estimate of drug-likeness (QED) is 0.835. The molecule has 0 radical (unpaired) electrons. The molecule has 1 spiro atoms. The number of hydrogen-bond donors (Lipinski definition) is 0. The van der Waals surface area contributed by atoms with Gasteiger partial charge < -0.3 is 4.90 Å². The molecule has 1 aromatic carbocycles. The number of nitrogens with zero attached hydrogens (tertiary/aromatic N) is 1. The average molecular weight is 353 g/mol. The Bertz CT molecular complexity index is 815. The van der Waals surface area contributed by atoms with Gasteiger partial charge in [-0.1, -0.05) is 24.3 Å². The molecule has 1 saturated heterocycles. The van der Waals surface area contributed by atoms with Crippen LogP contribution in [0.3, 0.4) is 0 Å². The molecule has 4 heteroatoms. The minimum absolute atomic E-state index is 0.226. The van der Waals surface area contributed by atoms with Gasteiger partial charge in [-0.3, -0.25) is 9.59 Å². The highest BCUT2D eigenvalue weighted by Gasteiger charge is 2.47. The number of thiophene rings is 1. The second kappa shape index (κ2) is 6.41. The van der Waals surface area contributed by atoms with Gasteiger partial charge in [-0.15, -0.1) is 11.3 Å². The van der Waals surface area contributed by atoms with Crippen LogP contribution >= 0.6 is 11.3 Å². The summed E-state index contributed by atoms with van der Waals surface area (Å²) in [5.74, 6) is 0.521. The number of aryl methyl sites for hydroxylation is 2. The van der Waals surface area contributed by atoms with E-state index in [2.05, 4.69) is 25.1 Å². The Balaban J connectivity index is 1.36. The zero-order valence-corrected chi connectivity index (χ0v) is 15.4. The normalized spacial score (nSPS) is 18.6. The molecule has 1 fully saturated rings. The zero-order valence-electron chi connectivity index (χ0n) is 14.6. The molecule has 25 heavy (non-hydrogen) atoms. The van der Waals surface area contributed by atoms with Crippen LogP contribution < -0.4 is 0 Å². The fourth-order valence-corrected chi connectivity index (χ4v) is 5.11. The highest BCUT2D eigenvalue weighted by molar-refractivity contribution is 7.11. The van der Waals surface area contributed by atoms with Crippen molar-refractivity contribution in [3.63, 3.8) is 0 Å². The van der Waals surface area contributed by atoms with Crippen LogP contribution in [0, 0.1) is 12.3 Å². The molecule has 3 nitrogen and oxygen atoms in total. The second-order valence-corrected chi connectivity index (χ2v) is 8.71. The van der Waals surface area contributed by atoms with Gasteiger partial charge in [0.15, 0.2) is 5.78 Å². The number of rotatable bonds is 3. The molecule has 130 valence electrons. The van der Waals surface area contributed by atoms with Gasteiger partial charge in [-0.05, 0) is 50.3 Å². The van der Waals surface area contributed by atoms with Crippen LogP contribution in [0.25, 0.3) is 0 Å². The fourth-order valence-electron chi connectivity index (χ4n) is 4.22. The number of carbonyl (C=O) groups is 2. The van der Waals surface area contributed by atoms with Crippen molar-refractivity contribution in [2.75, 3.05) is 13.1 Å². The Morgan fingerprint density at radius 2 is 1.92 bits per heavy atom. The lowest BCUT2D eigenvalue weighted by atomic mass is 9.75. The lowest BCUT2D eigenvalue weighted by Gasteiger charge is -2.38. The number of likely N-dealkylation sites (tertiary alicyclic amines) is 1. The third kappa shape index (κ3) is 3.04. The third-order valence-electron chi connectivity index (χ3n) is 5.73.